The van der Waals surface area contributed by atoms with E-state index in [1.165, 1.54) is 0 Å². The van der Waals surface area contributed by atoms with Crippen molar-refractivity contribution in [2.45, 2.75) is 26.2 Å². The monoisotopic (exact) mass is 326 g/mol. The molecule has 1 aromatic rings. The summed E-state index contributed by atoms with van der Waals surface area (Å²) in [6, 6.07) is 7.25. The molecule has 1 rings (SSSR count). The number of nitrogens with zero attached hydrogens (tertiary/aromatic N) is 1. The molecule has 0 aliphatic carbocycles. The average Bonchev–Trinajstić information content (AvgIpc) is 2.38. The molecule has 0 saturated heterocycles. The molecule has 5 heteroatoms. The molecule has 2 amide bonds. The van der Waals surface area contributed by atoms with E-state index in [4.69, 9.17) is 0 Å². The maximum atomic E-state index is 11.8. The van der Waals surface area contributed by atoms with E-state index in [-0.39, 0.29) is 18.2 Å². The van der Waals surface area contributed by atoms with Gasteiger partial charge in [-0.2, -0.15) is 0 Å². The Hall–Kier alpha value is -1.36. The van der Waals surface area contributed by atoms with Gasteiger partial charge in [-0.15, -0.1) is 0 Å². The van der Waals surface area contributed by atoms with Crippen LogP contribution in [-0.2, 0) is 9.59 Å². The molecule has 1 aromatic carbocycles. The smallest absolute Gasteiger partial charge is 0.233 e. The van der Waals surface area contributed by atoms with Crippen molar-refractivity contribution in [2.75, 3.05) is 18.9 Å². The lowest BCUT2D eigenvalue weighted by molar-refractivity contribution is -0.133. The van der Waals surface area contributed by atoms with E-state index < -0.39 is 0 Å². The number of amides is 2. The summed E-state index contributed by atoms with van der Waals surface area (Å²) in [5.74, 6) is -0.432. The molecule has 4 nitrogen and oxygen atoms in total. The van der Waals surface area contributed by atoms with Gasteiger partial charge >= 0.3 is 0 Å². The van der Waals surface area contributed by atoms with Crippen LogP contribution >= 0.6 is 15.9 Å². The van der Waals surface area contributed by atoms with Gasteiger partial charge in [-0.1, -0.05) is 29.3 Å². The molecule has 0 saturated carbocycles. The number of carbonyl (C=O) groups is 2. The van der Waals surface area contributed by atoms with E-state index in [0.717, 1.165) is 17.3 Å². The summed E-state index contributed by atoms with van der Waals surface area (Å²) in [6.07, 6.45) is 1.87. The molecule has 0 aliphatic heterocycles. The van der Waals surface area contributed by atoms with Crippen molar-refractivity contribution in [2.24, 2.45) is 0 Å². The second kappa shape index (κ2) is 7.94. The van der Waals surface area contributed by atoms with E-state index >= 15 is 0 Å². The number of hydrogen-bond acceptors (Lipinski definition) is 2. The number of anilines is 1. The average molecular weight is 327 g/mol. The predicted molar refractivity (Wildman–Crippen MR) is 79.9 cm³/mol. The van der Waals surface area contributed by atoms with Crippen LogP contribution in [0.5, 0.6) is 0 Å². The largest absolute Gasteiger partial charge is 0.345 e. The Kier molecular flexibility index (Phi) is 6.56. The molecular formula is C14H19BrN2O2. The quantitative estimate of drug-likeness (QED) is 0.817. The van der Waals surface area contributed by atoms with Crippen LogP contribution in [0, 0.1) is 0 Å². The molecule has 0 atom stereocenters. The van der Waals surface area contributed by atoms with Crippen LogP contribution in [0.1, 0.15) is 26.2 Å². The highest BCUT2D eigenvalue weighted by Crippen LogP contribution is 2.14. The van der Waals surface area contributed by atoms with Crippen LogP contribution in [-0.4, -0.2) is 30.3 Å². The topological polar surface area (TPSA) is 49.4 Å². The van der Waals surface area contributed by atoms with Crippen LogP contribution in [0.25, 0.3) is 0 Å². The van der Waals surface area contributed by atoms with E-state index in [1.807, 2.05) is 12.1 Å². The minimum atomic E-state index is -0.282. The maximum absolute atomic E-state index is 11.8. The Labute approximate surface area is 122 Å². The van der Waals surface area contributed by atoms with Crippen molar-refractivity contribution >= 4 is 33.4 Å². The molecule has 0 aliphatic rings. The van der Waals surface area contributed by atoms with Crippen molar-refractivity contribution < 1.29 is 9.59 Å². The highest BCUT2D eigenvalue weighted by atomic mass is 79.9. The van der Waals surface area contributed by atoms with Gasteiger partial charge in [0.15, 0.2) is 0 Å². The van der Waals surface area contributed by atoms with Crippen LogP contribution < -0.4 is 5.32 Å². The second-order valence-corrected chi connectivity index (χ2v) is 5.32. The van der Waals surface area contributed by atoms with E-state index in [0.29, 0.717) is 12.2 Å². The lowest BCUT2D eigenvalue weighted by Gasteiger charge is -2.16. The third-order valence-electron chi connectivity index (χ3n) is 2.71. The molecule has 0 fully saturated rings. The van der Waals surface area contributed by atoms with Crippen molar-refractivity contribution in [3.05, 3.63) is 28.7 Å². The molecule has 0 bridgehead atoms. The van der Waals surface area contributed by atoms with Gasteiger partial charge in [0.05, 0.1) is 0 Å². The van der Waals surface area contributed by atoms with Crippen molar-refractivity contribution in [3.8, 4) is 0 Å². The van der Waals surface area contributed by atoms with Gasteiger partial charge in [-0.05, 0) is 30.7 Å². The lowest BCUT2D eigenvalue weighted by atomic mass is 10.2. The van der Waals surface area contributed by atoms with Crippen LogP contribution in [0.2, 0.25) is 0 Å². The molecule has 0 radical (unpaired) electrons. The molecule has 0 heterocycles. The van der Waals surface area contributed by atoms with E-state index in [2.05, 4.69) is 28.2 Å². The van der Waals surface area contributed by atoms with Crippen LogP contribution in [0.3, 0.4) is 0 Å². The molecule has 104 valence electrons. The fourth-order valence-corrected chi connectivity index (χ4v) is 1.80. The molecule has 1 N–H and O–H groups in total. The summed E-state index contributed by atoms with van der Waals surface area (Å²) in [5.41, 5.74) is 0.692. The number of halogens is 1. The first kappa shape index (κ1) is 15.7. The van der Waals surface area contributed by atoms with Crippen molar-refractivity contribution in [1.82, 2.24) is 4.90 Å². The Balaban J connectivity index is 2.42. The number of hydrogen-bond donors (Lipinski definition) is 1. The van der Waals surface area contributed by atoms with Gasteiger partial charge in [0.2, 0.25) is 11.8 Å². The lowest BCUT2D eigenvalue weighted by Crippen LogP contribution is -2.31. The molecular weight excluding hydrogens is 308 g/mol. The Morgan fingerprint density at radius 1 is 1.26 bits per heavy atom. The van der Waals surface area contributed by atoms with Gasteiger partial charge in [-0.25, -0.2) is 0 Å². The first-order valence-corrected chi connectivity index (χ1v) is 7.11. The van der Waals surface area contributed by atoms with E-state index in [9.17, 15) is 9.59 Å². The summed E-state index contributed by atoms with van der Waals surface area (Å²) >= 11 is 3.32. The predicted octanol–water partition coefficient (Wildman–Crippen LogP) is 3.04. The molecule has 0 spiro atoms. The zero-order valence-electron chi connectivity index (χ0n) is 11.3. The van der Waals surface area contributed by atoms with Crippen LogP contribution in [0.15, 0.2) is 28.7 Å². The summed E-state index contributed by atoms with van der Waals surface area (Å²) in [7, 11) is 1.73. The molecule has 19 heavy (non-hydrogen) atoms. The number of nitrogens with one attached hydrogen (secondary N) is 1. The second-order valence-electron chi connectivity index (χ2n) is 4.40. The van der Waals surface area contributed by atoms with E-state index in [1.54, 1.807) is 24.1 Å². The van der Waals surface area contributed by atoms with Gasteiger partial charge in [0, 0.05) is 23.8 Å². The maximum Gasteiger partial charge on any atom is 0.233 e. The highest BCUT2D eigenvalue weighted by molar-refractivity contribution is 9.10. The minimum absolute atomic E-state index is 0.115. The minimum Gasteiger partial charge on any atom is -0.345 e. The fourth-order valence-electron chi connectivity index (χ4n) is 1.53. The van der Waals surface area contributed by atoms with Gasteiger partial charge < -0.3 is 10.2 Å². The SMILES string of the molecule is CCCCN(C)C(=O)CC(=O)Nc1ccc(Br)cc1. The molecule has 0 aromatic heterocycles. The summed E-state index contributed by atoms with van der Waals surface area (Å²) < 4.78 is 0.945. The Bertz CT molecular complexity index is 432. The van der Waals surface area contributed by atoms with Crippen molar-refractivity contribution in [3.63, 3.8) is 0 Å². The number of benzene rings is 1. The van der Waals surface area contributed by atoms with Gasteiger partial charge in [0.25, 0.3) is 0 Å². The van der Waals surface area contributed by atoms with Gasteiger partial charge in [-0.3, -0.25) is 9.59 Å². The third kappa shape index (κ3) is 5.87. The summed E-state index contributed by atoms with van der Waals surface area (Å²) in [5, 5.41) is 2.70. The van der Waals surface area contributed by atoms with Gasteiger partial charge in [0.1, 0.15) is 6.42 Å². The Morgan fingerprint density at radius 2 is 1.89 bits per heavy atom. The normalized spacial score (nSPS) is 10.1. The number of rotatable bonds is 6. The van der Waals surface area contributed by atoms with Crippen molar-refractivity contribution in [1.29, 1.82) is 0 Å². The third-order valence-corrected chi connectivity index (χ3v) is 3.24. The van der Waals surface area contributed by atoms with Crippen LogP contribution in [0.4, 0.5) is 5.69 Å². The fraction of sp³-hybridized carbons (Fsp3) is 0.429. The first-order valence-electron chi connectivity index (χ1n) is 6.32. The zero-order valence-corrected chi connectivity index (χ0v) is 12.9. The molecule has 0 unspecified atom stereocenters. The number of carbonyl (C=O) groups excluding carboxylic acids is 2. The summed E-state index contributed by atoms with van der Waals surface area (Å²) in [6.45, 7) is 2.76. The summed E-state index contributed by atoms with van der Waals surface area (Å²) in [4.78, 5) is 25.1. The zero-order chi connectivity index (χ0) is 14.3. The standard InChI is InChI=1S/C14H19BrN2O2/c1-3-4-9-17(2)14(19)10-13(18)16-12-7-5-11(15)6-8-12/h5-8H,3-4,9-10H2,1-2H3,(H,16,18). The Morgan fingerprint density at radius 3 is 2.47 bits per heavy atom. The first-order chi connectivity index (χ1) is 9.02. The highest BCUT2D eigenvalue weighted by Gasteiger charge is 2.13. The number of unbranched alkanes of at least 4 members (excludes halogenated alkanes) is 1.